The van der Waals surface area contributed by atoms with Crippen molar-refractivity contribution in [2.75, 3.05) is 13.1 Å². The lowest BCUT2D eigenvalue weighted by Gasteiger charge is -2.53. The number of nitrogens with two attached hydrogens (primary N) is 1. The number of likely N-dealkylation sites (tertiary alicyclic amines) is 1. The van der Waals surface area contributed by atoms with Crippen LogP contribution in [0.4, 0.5) is 0 Å². The molecule has 1 fully saturated rings. The summed E-state index contributed by atoms with van der Waals surface area (Å²) in [4.78, 5) is 2.53. The Bertz CT molecular complexity index is 155. The smallest absolute Gasteiger partial charge is 0.0435 e. The Hall–Kier alpha value is -0.0800. The van der Waals surface area contributed by atoms with E-state index in [9.17, 15) is 0 Å². The van der Waals surface area contributed by atoms with Crippen LogP contribution in [-0.4, -0.2) is 29.6 Å². The maximum absolute atomic E-state index is 6.24. The molecule has 0 aliphatic carbocycles. The molecular weight excluding hydrogens is 160 g/mol. The van der Waals surface area contributed by atoms with Crippen LogP contribution in [0.15, 0.2) is 0 Å². The number of hydrogen-bond acceptors (Lipinski definition) is 2. The lowest BCUT2D eigenvalue weighted by molar-refractivity contribution is 0.0000475. The van der Waals surface area contributed by atoms with Crippen molar-refractivity contribution in [3.8, 4) is 0 Å². The molecule has 2 nitrogen and oxygen atoms in total. The number of nitrogens with zero attached hydrogens (tertiary/aromatic N) is 1. The van der Waals surface area contributed by atoms with Gasteiger partial charge < -0.3 is 5.73 Å². The lowest BCUT2D eigenvalue weighted by Crippen LogP contribution is -2.71. The zero-order chi connectivity index (χ0) is 10.1. The predicted octanol–water partition coefficient (Wildman–Crippen LogP) is 1.84. The summed E-state index contributed by atoms with van der Waals surface area (Å²) in [6.07, 6.45) is 2.51. The third-order valence-electron chi connectivity index (χ3n) is 3.60. The van der Waals surface area contributed by atoms with Crippen LogP contribution >= 0.6 is 0 Å². The van der Waals surface area contributed by atoms with Gasteiger partial charge in [0.25, 0.3) is 0 Å². The van der Waals surface area contributed by atoms with Crippen molar-refractivity contribution in [1.29, 1.82) is 0 Å². The van der Waals surface area contributed by atoms with Gasteiger partial charge in [0.1, 0.15) is 0 Å². The van der Waals surface area contributed by atoms with Crippen molar-refractivity contribution in [1.82, 2.24) is 4.90 Å². The third-order valence-corrected chi connectivity index (χ3v) is 3.60. The first-order chi connectivity index (χ1) is 6.03. The van der Waals surface area contributed by atoms with E-state index in [1.54, 1.807) is 0 Å². The van der Waals surface area contributed by atoms with Crippen molar-refractivity contribution in [3.05, 3.63) is 0 Å². The molecule has 1 rings (SSSR count). The fraction of sp³-hybridized carbons (Fsp3) is 1.00. The molecule has 2 N–H and O–H groups in total. The van der Waals surface area contributed by atoms with Crippen LogP contribution in [0.1, 0.15) is 40.5 Å². The molecule has 0 saturated carbocycles. The summed E-state index contributed by atoms with van der Waals surface area (Å²) in [5.41, 5.74) is 6.34. The van der Waals surface area contributed by atoms with Gasteiger partial charge in [-0.2, -0.15) is 0 Å². The van der Waals surface area contributed by atoms with E-state index >= 15 is 0 Å². The summed E-state index contributed by atoms with van der Waals surface area (Å²) < 4.78 is 0. The second-order valence-electron chi connectivity index (χ2n) is 4.76. The first-order valence-corrected chi connectivity index (χ1v) is 5.56. The van der Waals surface area contributed by atoms with Crippen LogP contribution in [-0.2, 0) is 0 Å². The van der Waals surface area contributed by atoms with Crippen molar-refractivity contribution < 1.29 is 0 Å². The van der Waals surface area contributed by atoms with Crippen molar-refractivity contribution in [2.24, 2.45) is 11.7 Å². The lowest BCUT2D eigenvalue weighted by atomic mass is 9.79. The van der Waals surface area contributed by atoms with Crippen LogP contribution < -0.4 is 5.73 Å². The van der Waals surface area contributed by atoms with E-state index in [0.29, 0.717) is 5.92 Å². The summed E-state index contributed by atoms with van der Waals surface area (Å²) in [7, 11) is 0. The molecule has 1 aliphatic heterocycles. The highest BCUT2D eigenvalue weighted by molar-refractivity contribution is 5.03. The summed E-state index contributed by atoms with van der Waals surface area (Å²) in [6.45, 7) is 11.2. The summed E-state index contributed by atoms with van der Waals surface area (Å²) in [5.74, 6) is 0.609. The maximum Gasteiger partial charge on any atom is 0.0435 e. The van der Waals surface area contributed by atoms with E-state index in [4.69, 9.17) is 5.73 Å². The number of hydrogen-bond donors (Lipinski definition) is 1. The molecule has 13 heavy (non-hydrogen) atoms. The van der Waals surface area contributed by atoms with E-state index in [1.807, 2.05) is 0 Å². The standard InChI is InChI=1S/C11H24N2/c1-5-10(6-2)13-7-11(12,8-13)9(3)4/h9-10H,5-8,12H2,1-4H3. The predicted molar refractivity (Wildman–Crippen MR) is 57.7 cm³/mol. The second kappa shape index (κ2) is 3.97. The normalized spacial score (nSPS) is 22.4. The van der Waals surface area contributed by atoms with Gasteiger partial charge >= 0.3 is 0 Å². The molecule has 0 radical (unpaired) electrons. The van der Waals surface area contributed by atoms with E-state index in [-0.39, 0.29) is 5.54 Å². The molecule has 0 atom stereocenters. The Kier molecular flexibility index (Phi) is 3.36. The molecule has 0 amide bonds. The SMILES string of the molecule is CCC(CC)N1CC(N)(C(C)C)C1. The maximum atomic E-state index is 6.24. The topological polar surface area (TPSA) is 29.3 Å². The molecule has 0 aromatic carbocycles. The zero-order valence-electron chi connectivity index (χ0n) is 9.51. The Labute approximate surface area is 82.5 Å². The molecule has 0 unspecified atom stereocenters. The van der Waals surface area contributed by atoms with Crippen molar-refractivity contribution >= 4 is 0 Å². The zero-order valence-corrected chi connectivity index (χ0v) is 9.51. The monoisotopic (exact) mass is 184 g/mol. The Balaban J connectivity index is 2.39. The van der Waals surface area contributed by atoms with Crippen LogP contribution in [0.5, 0.6) is 0 Å². The van der Waals surface area contributed by atoms with Gasteiger partial charge in [-0.15, -0.1) is 0 Å². The minimum Gasteiger partial charge on any atom is -0.323 e. The van der Waals surface area contributed by atoms with Gasteiger partial charge in [0.2, 0.25) is 0 Å². The minimum absolute atomic E-state index is 0.0998. The van der Waals surface area contributed by atoms with Gasteiger partial charge in [-0.1, -0.05) is 27.7 Å². The minimum atomic E-state index is 0.0998. The average molecular weight is 184 g/mol. The Morgan fingerprint density at radius 1 is 1.23 bits per heavy atom. The van der Waals surface area contributed by atoms with Gasteiger partial charge in [0.15, 0.2) is 0 Å². The summed E-state index contributed by atoms with van der Waals surface area (Å²) >= 11 is 0. The molecule has 1 heterocycles. The van der Waals surface area contributed by atoms with Crippen LogP contribution in [0.25, 0.3) is 0 Å². The van der Waals surface area contributed by atoms with Gasteiger partial charge in [-0.3, -0.25) is 4.90 Å². The molecule has 0 aromatic rings. The molecule has 0 bridgehead atoms. The fourth-order valence-corrected chi connectivity index (χ4v) is 2.14. The van der Waals surface area contributed by atoms with Crippen LogP contribution in [0, 0.1) is 5.92 Å². The van der Waals surface area contributed by atoms with Crippen molar-refractivity contribution in [2.45, 2.75) is 52.1 Å². The van der Waals surface area contributed by atoms with E-state index in [2.05, 4.69) is 32.6 Å². The van der Waals surface area contributed by atoms with E-state index < -0.39 is 0 Å². The van der Waals surface area contributed by atoms with Gasteiger partial charge in [0.05, 0.1) is 0 Å². The quantitative estimate of drug-likeness (QED) is 0.722. The fourth-order valence-electron chi connectivity index (χ4n) is 2.14. The van der Waals surface area contributed by atoms with Gasteiger partial charge in [0, 0.05) is 24.7 Å². The highest BCUT2D eigenvalue weighted by Crippen LogP contribution is 2.29. The highest BCUT2D eigenvalue weighted by Gasteiger charge is 2.43. The first kappa shape index (κ1) is 11.0. The number of rotatable bonds is 4. The highest BCUT2D eigenvalue weighted by atomic mass is 15.3. The van der Waals surface area contributed by atoms with Crippen LogP contribution in [0.2, 0.25) is 0 Å². The van der Waals surface area contributed by atoms with Crippen molar-refractivity contribution in [3.63, 3.8) is 0 Å². The average Bonchev–Trinajstić information content (AvgIpc) is 2.02. The van der Waals surface area contributed by atoms with E-state index in [0.717, 1.165) is 19.1 Å². The Morgan fingerprint density at radius 3 is 2.00 bits per heavy atom. The summed E-state index contributed by atoms with van der Waals surface area (Å²) in [5, 5.41) is 0. The molecule has 1 saturated heterocycles. The third kappa shape index (κ3) is 2.05. The molecule has 0 spiro atoms. The van der Waals surface area contributed by atoms with E-state index in [1.165, 1.54) is 12.8 Å². The van der Waals surface area contributed by atoms with Gasteiger partial charge in [-0.05, 0) is 18.8 Å². The van der Waals surface area contributed by atoms with Gasteiger partial charge in [-0.25, -0.2) is 0 Å². The van der Waals surface area contributed by atoms with Crippen LogP contribution in [0.3, 0.4) is 0 Å². The molecule has 0 aromatic heterocycles. The Morgan fingerprint density at radius 2 is 1.69 bits per heavy atom. The molecule has 1 aliphatic rings. The molecular formula is C11H24N2. The summed E-state index contributed by atoms with van der Waals surface area (Å²) in [6, 6.07) is 0.760. The largest absolute Gasteiger partial charge is 0.323 e. The molecule has 78 valence electrons. The second-order valence-corrected chi connectivity index (χ2v) is 4.76. The molecule has 2 heteroatoms. The first-order valence-electron chi connectivity index (χ1n) is 5.56.